The summed E-state index contributed by atoms with van der Waals surface area (Å²) in [7, 11) is 1.53. The zero-order valence-electron chi connectivity index (χ0n) is 12.3. The van der Waals surface area contributed by atoms with Crippen molar-refractivity contribution in [3.8, 4) is 5.75 Å². The van der Waals surface area contributed by atoms with E-state index < -0.39 is 17.7 Å². The first-order valence-electron chi connectivity index (χ1n) is 6.75. The molecule has 0 aliphatic carbocycles. The molecule has 0 spiro atoms. The number of rotatable bonds is 5. The highest BCUT2D eigenvalue weighted by molar-refractivity contribution is 5.31. The number of hydrogen-bond donors (Lipinski definition) is 1. The third-order valence-electron chi connectivity index (χ3n) is 3.33. The van der Waals surface area contributed by atoms with E-state index >= 15 is 0 Å². The number of hydrogen-bond acceptors (Lipinski definition) is 3. The standard InChI is InChI=1S/C15H19F2N3O/c1-9(2)20-15(13(21-3)8-19-20)12(18)7-10-5-4-6-11(16)14(10)17/h4-6,8-9,12H,7,18H2,1-3H3. The summed E-state index contributed by atoms with van der Waals surface area (Å²) >= 11 is 0. The molecule has 1 heterocycles. The smallest absolute Gasteiger partial charge is 0.162 e. The van der Waals surface area contributed by atoms with Gasteiger partial charge in [0.2, 0.25) is 0 Å². The van der Waals surface area contributed by atoms with Gasteiger partial charge in [-0.1, -0.05) is 12.1 Å². The largest absolute Gasteiger partial charge is 0.493 e. The van der Waals surface area contributed by atoms with Gasteiger partial charge in [0, 0.05) is 6.04 Å². The van der Waals surface area contributed by atoms with E-state index in [9.17, 15) is 8.78 Å². The summed E-state index contributed by atoms with van der Waals surface area (Å²) < 4.78 is 34.0. The molecule has 4 nitrogen and oxygen atoms in total. The Labute approximate surface area is 122 Å². The molecule has 21 heavy (non-hydrogen) atoms. The van der Waals surface area contributed by atoms with Gasteiger partial charge in [-0.3, -0.25) is 4.68 Å². The molecular formula is C15H19F2N3O. The van der Waals surface area contributed by atoms with Crippen molar-refractivity contribution < 1.29 is 13.5 Å². The lowest BCUT2D eigenvalue weighted by Crippen LogP contribution is -2.21. The molecule has 0 radical (unpaired) electrons. The molecule has 0 aliphatic rings. The SMILES string of the molecule is COc1cnn(C(C)C)c1C(N)Cc1cccc(F)c1F. The summed E-state index contributed by atoms with van der Waals surface area (Å²) in [6.45, 7) is 3.93. The normalized spacial score (nSPS) is 12.7. The zero-order valence-corrected chi connectivity index (χ0v) is 12.3. The molecule has 1 aromatic heterocycles. The highest BCUT2D eigenvalue weighted by Crippen LogP contribution is 2.29. The van der Waals surface area contributed by atoms with Crippen molar-refractivity contribution in [3.63, 3.8) is 0 Å². The minimum Gasteiger partial charge on any atom is -0.493 e. The van der Waals surface area contributed by atoms with Gasteiger partial charge in [0.15, 0.2) is 17.4 Å². The molecule has 1 atom stereocenters. The van der Waals surface area contributed by atoms with Crippen LogP contribution in [0.5, 0.6) is 5.75 Å². The summed E-state index contributed by atoms with van der Waals surface area (Å²) in [5, 5.41) is 4.23. The predicted molar refractivity (Wildman–Crippen MR) is 76.2 cm³/mol. The van der Waals surface area contributed by atoms with Crippen LogP contribution in [0.3, 0.4) is 0 Å². The van der Waals surface area contributed by atoms with Crippen LogP contribution in [0.4, 0.5) is 8.78 Å². The maximum atomic E-state index is 13.8. The lowest BCUT2D eigenvalue weighted by molar-refractivity contribution is 0.395. The minimum atomic E-state index is -0.871. The Hall–Kier alpha value is -1.95. The molecule has 1 aromatic carbocycles. The number of nitrogens with zero attached hydrogens (tertiary/aromatic N) is 2. The average Bonchev–Trinajstić information content (AvgIpc) is 2.88. The highest BCUT2D eigenvalue weighted by Gasteiger charge is 2.22. The van der Waals surface area contributed by atoms with Gasteiger partial charge < -0.3 is 10.5 Å². The summed E-state index contributed by atoms with van der Waals surface area (Å²) in [5.41, 5.74) is 7.09. The van der Waals surface area contributed by atoms with Crippen LogP contribution in [0.15, 0.2) is 24.4 Å². The number of aromatic nitrogens is 2. The third kappa shape index (κ3) is 3.05. The first-order chi connectivity index (χ1) is 9.95. The molecule has 0 saturated heterocycles. The summed E-state index contributed by atoms with van der Waals surface area (Å²) in [6.07, 6.45) is 1.75. The van der Waals surface area contributed by atoms with E-state index in [2.05, 4.69) is 5.10 Å². The van der Waals surface area contributed by atoms with Crippen LogP contribution >= 0.6 is 0 Å². The first kappa shape index (κ1) is 15.4. The molecule has 2 N–H and O–H groups in total. The van der Waals surface area contributed by atoms with Gasteiger partial charge in [-0.05, 0) is 31.9 Å². The van der Waals surface area contributed by atoms with Gasteiger partial charge >= 0.3 is 0 Å². The monoisotopic (exact) mass is 295 g/mol. The second-order valence-corrected chi connectivity index (χ2v) is 5.16. The Kier molecular flexibility index (Phi) is 4.57. The van der Waals surface area contributed by atoms with Crippen LogP contribution in [0.25, 0.3) is 0 Å². The summed E-state index contributed by atoms with van der Waals surface area (Å²) in [4.78, 5) is 0. The quantitative estimate of drug-likeness (QED) is 0.922. The second kappa shape index (κ2) is 6.22. The lowest BCUT2D eigenvalue weighted by Gasteiger charge is -2.18. The number of ether oxygens (including phenoxy) is 1. The van der Waals surface area contributed by atoms with Gasteiger partial charge in [0.05, 0.1) is 25.0 Å². The van der Waals surface area contributed by atoms with E-state index in [1.165, 1.54) is 19.2 Å². The highest BCUT2D eigenvalue weighted by atomic mass is 19.2. The summed E-state index contributed by atoms with van der Waals surface area (Å²) in [6, 6.07) is 3.63. The Morgan fingerprint density at radius 3 is 2.67 bits per heavy atom. The average molecular weight is 295 g/mol. The topological polar surface area (TPSA) is 53.1 Å². The van der Waals surface area contributed by atoms with Crippen molar-refractivity contribution in [1.29, 1.82) is 0 Å². The molecule has 0 saturated carbocycles. The molecule has 0 bridgehead atoms. The second-order valence-electron chi connectivity index (χ2n) is 5.16. The van der Waals surface area contributed by atoms with Gasteiger partial charge in [0.1, 0.15) is 0 Å². The molecule has 2 aromatic rings. The van der Waals surface area contributed by atoms with Crippen molar-refractivity contribution in [1.82, 2.24) is 9.78 Å². The van der Waals surface area contributed by atoms with Crippen molar-refractivity contribution in [2.45, 2.75) is 32.4 Å². The fraction of sp³-hybridized carbons (Fsp3) is 0.400. The van der Waals surface area contributed by atoms with Crippen LogP contribution < -0.4 is 10.5 Å². The number of benzene rings is 1. The number of halogens is 2. The fourth-order valence-electron chi connectivity index (χ4n) is 2.32. The van der Waals surface area contributed by atoms with Crippen molar-refractivity contribution in [2.24, 2.45) is 5.73 Å². The van der Waals surface area contributed by atoms with Crippen LogP contribution in [0.2, 0.25) is 0 Å². The zero-order chi connectivity index (χ0) is 15.6. The van der Waals surface area contributed by atoms with E-state index in [-0.39, 0.29) is 18.0 Å². The maximum absolute atomic E-state index is 13.8. The van der Waals surface area contributed by atoms with Crippen molar-refractivity contribution in [2.75, 3.05) is 7.11 Å². The Bertz CT molecular complexity index is 625. The van der Waals surface area contributed by atoms with Crippen LogP contribution in [-0.4, -0.2) is 16.9 Å². The molecule has 0 aliphatic heterocycles. The minimum absolute atomic E-state index is 0.0901. The first-order valence-corrected chi connectivity index (χ1v) is 6.75. The molecular weight excluding hydrogens is 276 g/mol. The van der Waals surface area contributed by atoms with Gasteiger partial charge in [0.25, 0.3) is 0 Å². The Balaban J connectivity index is 2.34. The van der Waals surface area contributed by atoms with Crippen molar-refractivity contribution >= 4 is 0 Å². The van der Waals surface area contributed by atoms with E-state index in [0.29, 0.717) is 11.4 Å². The molecule has 2 rings (SSSR count). The van der Waals surface area contributed by atoms with E-state index in [4.69, 9.17) is 10.5 Å². The predicted octanol–water partition coefficient (Wildman–Crippen LogP) is 2.99. The van der Waals surface area contributed by atoms with Crippen molar-refractivity contribution in [3.05, 3.63) is 47.3 Å². The molecule has 114 valence electrons. The van der Waals surface area contributed by atoms with Gasteiger partial charge in [-0.15, -0.1) is 0 Å². The fourth-order valence-corrected chi connectivity index (χ4v) is 2.32. The Morgan fingerprint density at radius 1 is 1.33 bits per heavy atom. The molecule has 1 unspecified atom stereocenters. The number of nitrogens with two attached hydrogens (primary N) is 1. The number of methoxy groups -OCH3 is 1. The van der Waals surface area contributed by atoms with Gasteiger partial charge in [-0.25, -0.2) is 8.78 Å². The van der Waals surface area contributed by atoms with Crippen LogP contribution in [0, 0.1) is 11.6 Å². The molecule has 0 fully saturated rings. The van der Waals surface area contributed by atoms with Gasteiger partial charge in [-0.2, -0.15) is 5.10 Å². The Morgan fingerprint density at radius 2 is 2.05 bits per heavy atom. The van der Waals surface area contributed by atoms with E-state index in [1.807, 2.05) is 13.8 Å². The van der Waals surface area contributed by atoms with E-state index in [1.54, 1.807) is 10.9 Å². The third-order valence-corrected chi connectivity index (χ3v) is 3.33. The molecule has 6 heteroatoms. The molecule has 0 amide bonds. The van der Waals surface area contributed by atoms with E-state index in [0.717, 1.165) is 6.07 Å². The summed E-state index contributed by atoms with van der Waals surface area (Å²) in [5.74, 6) is -1.18. The van der Waals surface area contributed by atoms with Crippen LogP contribution in [0.1, 0.15) is 37.2 Å². The maximum Gasteiger partial charge on any atom is 0.162 e. The lowest BCUT2D eigenvalue weighted by atomic mass is 10.0. The van der Waals surface area contributed by atoms with Crippen LogP contribution in [-0.2, 0) is 6.42 Å².